The Bertz CT molecular complexity index is 253. The lowest BCUT2D eigenvalue weighted by Crippen LogP contribution is -2.56. The van der Waals surface area contributed by atoms with Crippen LogP contribution in [0.3, 0.4) is 0 Å². The number of carbonyl (C=O) groups is 1. The van der Waals surface area contributed by atoms with Gasteiger partial charge in [-0.2, -0.15) is 0 Å². The molecule has 0 bridgehead atoms. The molecular formula is C13H27N3O. The van der Waals surface area contributed by atoms with E-state index < -0.39 is 0 Å². The van der Waals surface area contributed by atoms with Gasteiger partial charge < -0.3 is 10.6 Å². The fraction of sp³-hybridized carbons (Fsp3) is 0.923. The third-order valence-corrected chi connectivity index (χ3v) is 3.65. The van der Waals surface area contributed by atoms with Gasteiger partial charge in [0.15, 0.2) is 0 Å². The van der Waals surface area contributed by atoms with Gasteiger partial charge in [0, 0.05) is 19.6 Å². The lowest BCUT2D eigenvalue weighted by molar-refractivity contribution is -0.123. The van der Waals surface area contributed by atoms with Crippen molar-refractivity contribution in [3.8, 4) is 0 Å². The van der Waals surface area contributed by atoms with Crippen LogP contribution < -0.4 is 10.6 Å². The Labute approximate surface area is 105 Å². The molecule has 4 heteroatoms. The van der Waals surface area contributed by atoms with Gasteiger partial charge in [0.25, 0.3) is 0 Å². The van der Waals surface area contributed by atoms with Crippen LogP contribution in [0.25, 0.3) is 0 Å². The van der Waals surface area contributed by atoms with Gasteiger partial charge in [-0.3, -0.25) is 9.69 Å². The summed E-state index contributed by atoms with van der Waals surface area (Å²) in [5, 5.41) is 6.17. The number of nitrogens with one attached hydrogen (secondary N) is 2. The lowest BCUT2D eigenvalue weighted by Gasteiger charge is -2.45. The van der Waals surface area contributed by atoms with Crippen LogP contribution >= 0.6 is 0 Å². The minimum Gasteiger partial charge on any atom is -0.358 e. The Morgan fingerprint density at radius 3 is 2.76 bits per heavy atom. The van der Waals surface area contributed by atoms with Crippen LogP contribution in [0.5, 0.6) is 0 Å². The highest BCUT2D eigenvalue weighted by Gasteiger charge is 2.36. The van der Waals surface area contributed by atoms with Gasteiger partial charge in [-0.15, -0.1) is 0 Å². The number of amides is 1. The van der Waals surface area contributed by atoms with Crippen molar-refractivity contribution < 1.29 is 4.79 Å². The number of carbonyl (C=O) groups excluding carboxylic acids is 1. The molecule has 0 aromatic heterocycles. The average Bonchev–Trinajstić information content (AvgIpc) is 2.28. The largest absolute Gasteiger partial charge is 0.358 e. The molecule has 1 aliphatic heterocycles. The highest BCUT2D eigenvalue weighted by atomic mass is 16.1. The average molecular weight is 241 g/mol. The Balaban J connectivity index is 2.70. The number of piperidine rings is 1. The second kappa shape index (κ2) is 6.36. The first-order valence-electron chi connectivity index (χ1n) is 6.66. The molecule has 0 radical (unpaired) electrons. The van der Waals surface area contributed by atoms with E-state index in [9.17, 15) is 4.79 Å². The Morgan fingerprint density at radius 2 is 2.24 bits per heavy atom. The molecule has 1 heterocycles. The number of hydrogen-bond acceptors (Lipinski definition) is 3. The summed E-state index contributed by atoms with van der Waals surface area (Å²) in [6, 6.07) is 0.501. The third kappa shape index (κ3) is 3.96. The Morgan fingerprint density at radius 1 is 1.53 bits per heavy atom. The van der Waals surface area contributed by atoms with Gasteiger partial charge in [0.2, 0.25) is 5.91 Å². The van der Waals surface area contributed by atoms with Crippen molar-refractivity contribution in [3.05, 3.63) is 0 Å². The van der Waals surface area contributed by atoms with Crippen LogP contribution in [0.2, 0.25) is 0 Å². The molecule has 1 aliphatic rings. The molecule has 4 nitrogen and oxygen atoms in total. The molecule has 17 heavy (non-hydrogen) atoms. The van der Waals surface area contributed by atoms with Crippen molar-refractivity contribution in [1.82, 2.24) is 15.5 Å². The van der Waals surface area contributed by atoms with Crippen LogP contribution in [0, 0.1) is 5.41 Å². The highest BCUT2D eigenvalue weighted by Crippen LogP contribution is 2.29. The predicted octanol–water partition coefficient (Wildman–Crippen LogP) is 0.833. The first kappa shape index (κ1) is 14.5. The van der Waals surface area contributed by atoms with Crippen molar-refractivity contribution >= 4 is 5.91 Å². The molecule has 0 saturated carbocycles. The van der Waals surface area contributed by atoms with E-state index in [1.807, 2.05) is 0 Å². The maximum atomic E-state index is 11.6. The van der Waals surface area contributed by atoms with Gasteiger partial charge in [-0.1, -0.05) is 20.8 Å². The summed E-state index contributed by atoms with van der Waals surface area (Å²) in [6.07, 6.45) is 2.22. The summed E-state index contributed by atoms with van der Waals surface area (Å²) in [4.78, 5) is 13.9. The standard InChI is InChI=1S/C13H27N3O/c1-5-8-16(9-12(17)14-4)11-6-7-15-10-13(11,2)3/h11,15H,5-10H2,1-4H3,(H,14,17). The summed E-state index contributed by atoms with van der Waals surface area (Å²) in [5.41, 5.74) is 0.238. The Kier molecular flexibility index (Phi) is 5.40. The van der Waals surface area contributed by atoms with Crippen molar-refractivity contribution in [2.24, 2.45) is 5.41 Å². The van der Waals surface area contributed by atoms with Crippen LogP contribution in [0.1, 0.15) is 33.6 Å². The summed E-state index contributed by atoms with van der Waals surface area (Å²) in [6.45, 7) is 10.4. The third-order valence-electron chi connectivity index (χ3n) is 3.65. The number of rotatable bonds is 5. The zero-order valence-corrected chi connectivity index (χ0v) is 11.7. The second-order valence-corrected chi connectivity index (χ2v) is 5.61. The van der Waals surface area contributed by atoms with Gasteiger partial charge >= 0.3 is 0 Å². The predicted molar refractivity (Wildman–Crippen MR) is 71.0 cm³/mol. The molecule has 1 saturated heterocycles. The van der Waals surface area contributed by atoms with E-state index in [1.165, 1.54) is 0 Å². The molecule has 2 N–H and O–H groups in total. The molecule has 0 aromatic carbocycles. The Hall–Kier alpha value is -0.610. The van der Waals surface area contributed by atoms with Crippen molar-refractivity contribution in [3.63, 3.8) is 0 Å². The summed E-state index contributed by atoms with van der Waals surface area (Å²) >= 11 is 0. The van der Waals surface area contributed by atoms with Gasteiger partial charge in [-0.25, -0.2) is 0 Å². The first-order valence-corrected chi connectivity index (χ1v) is 6.66. The minimum absolute atomic E-state index is 0.118. The quantitative estimate of drug-likeness (QED) is 0.749. The second-order valence-electron chi connectivity index (χ2n) is 5.61. The summed E-state index contributed by atoms with van der Waals surface area (Å²) in [5.74, 6) is 0.118. The maximum Gasteiger partial charge on any atom is 0.233 e. The van der Waals surface area contributed by atoms with E-state index in [2.05, 4.69) is 36.3 Å². The molecule has 0 aromatic rings. The zero-order chi connectivity index (χ0) is 12.9. The van der Waals surface area contributed by atoms with E-state index >= 15 is 0 Å². The summed E-state index contributed by atoms with van der Waals surface area (Å²) < 4.78 is 0. The molecule has 1 atom stereocenters. The molecule has 1 rings (SSSR count). The van der Waals surface area contributed by atoms with Crippen molar-refractivity contribution in [2.45, 2.75) is 39.7 Å². The first-order chi connectivity index (χ1) is 8.01. The van der Waals surface area contributed by atoms with E-state index in [-0.39, 0.29) is 11.3 Å². The minimum atomic E-state index is 0.118. The van der Waals surface area contributed by atoms with E-state index in [0.717, 1.165) is 32.5 Å². The molecule has 1 unspecified atom stereocenters. The highest BCUT2D eigenvalue weighted by molar-refractivity contribution is 5.77. The van der Waals surface area contributed by atoms with Gasteiger partial charge in [0.1, 0.15) is 0 Å². The maximum absolute atomic E-state index is 11.6. The van der Waals surface area contributed by atoms with Gasteiger partial charge in [-0.05, 0) is 31.3 Å². The fourth-order valence-corrected chi connectivity index (χ4v) is 2.73. The monoisotopic (exact) mass is 241 g/mol. The van der Waals surface area contributed by atoms with Gasteiger partial charge in [0.05, 0.1) is 6.54 Å². The molecule has 0 spiro atoms. The van der Waals surface area contributed by atoms with E-state index in [1.54, 1.807) is 7.05 Å². The van der Waals surface area contributed by atoms with Crippen LogP contribution in [-0.2, 0) is 4.79 Å². The fourth-order valence-electron chi connectivity index (χ4n) is 2.73. The SMILES string of the molecule is CCCN(CC(=O)NC)C1CCNCC1(C)C. The van der Waals surface area contributed by atoms with Crippen molar-refractivity contribution in [2.75, 3.05) is 33.2 Å². The smallest absolute Gasteiger partial charge is 0.233 e. The molecule has 1 amide bonds. The number of likely N-dealkylation sites (N-methyl/N-ethyl adjacent to an activating group) is 1. The molecule has 0 aliphatic carbocycles. The molecule has 1 fully saturated rings. The normalized spacial score (nSPS) is 23.7. The number of nitrogens with zero attached hydrogens (tertiary/aromatic N) is 1. The van der Waals surface area contributed by atoms with Crippen LogP contribution in [0.15, 0.2) is 0 Å². The van der Waals surface area contributed by atoms with Crippen LogP contribution in [-0.4, -0.2) is 50.1 Å². The van der Waals surface area contributed by atoms with Crippen LogP contribution in [0.4, 0.5) is 0 Å². The molecular weight excluding hydrogens is 214 g/mol. The number of hydrogen-bond donors (Lipinski definition) is 2. The summed E-state index contributed by atoms with van der Waals surface area (Å²) in [7, 11) is 1.71. The van der Waals surface area contributed by atoms with Crippen molar-refractivity contribution in [1.29, 1.82) is 0 Å². The van der Waals surface area contributed by atoms with E-state index in [0.29, 0.717) is 12.6 Å². The lowest BCUT2D eigenvalue weighted by atomic mass is 9.79. The van der Waals surface area contributed by atoms with E-state index in [4.69, 9.17) is 0 Å². The molecule has 100 valence electrons. The zero-order valence-electron chi connectivity index (χ0n) is 11.7. The topological polar surface area (TPSA) is 44.4 Å².